The molecule has 0 aliphatic carbocycles. The number of carbonyl (C=O) groups excluding carboxylic acids is 1. The molecule has 0 saturated heterocycles. The van der Waals surface area contributed by atoms with Crippen LogP contribution in [0.5, 0.6) is 0 Å². The molecule has 1 aliphatic rings. The molecule has 166 valence electrons. The Morgan fingerprint density at radius 1 is 0.970 bits per heavy atom. The molecule has 3 aromatic carbocycles. The lowest BCUT2D eigenvalue weighted by Crippen LogP contribution is -2.41. The van der Waals surface area contributed by atoms with Gasteiger partial charge in [-0.05, 0) is 42.7 Å². The summed E-state index contributed by atoms with van der Waals surface area (Å²) in [5.74, 6) is 0.603. The Kier molecular flexibility index (Phi) is 5.83. The Balaban J connectivity index is 1.53. The molecule has 2 heterocycles. The Hall–Kier alpha value is -3.29. The van der Waals surface area contributed by atoms with Crippen molar-refractivity contribution in [2.75, 3.05) is 10.7 Å². The van der Waals surface area contributed by atoms with Crippen molar-refractivity contribution >= 4 is 35.0 Å². The number of thioether (sulfide) groups is 1. The van der Waals surface area contributed by atoms with Crippen molar-refractivity contribution in [2.45, 2.75) is 30.3 Å². The van der Waals surface area contributed by atoms with E-state index >= 15 is 0 Å². The largest absolute Gasteiger partial charge is 0.325 e. The molecule has 5 rings (SSSR count). The number of amides is 1. The van der Waals surface area contributed by atoms with E-state index in [4.69, 9.17) is 11.6 Å². The lowest BCUT2D eigenvalue weighted by Gasteiger charge is -2.33. The Bertz CT molecular complexity index is 1290. The van der Waals surface area contributed by atoms with E-state index in [0.29, 0.717) is 16.0 Å². The van der Waals surface area contributed by atoms with Crippen LogP contribution in [-0.2, 0) is 4.79 Å². The number of hydrogen-bond acceptors (Lipinski definition) is 5. The summed E-state index contributed by atoms with van der Waals surface area (Å²) in [6.45, 7) is 3.99. The van der Waals surface area contributed by atoms with Gasteiger partial charge in [-0.25, -0.2) is 4.68 Å². The highest BCUT2D eigenvalue weighted by molar-refractivity contribution is 8.00. The third-order valence-electron chi connectivity index (χ3n) is 5.69. The predicted molar refractivity (Wildman–Crippen MR) is 133 cm³/mol. The molecule has 8 heteroatoms. The Morgan fingerprint density at radius 3 is 2.36 bits per heavy atom. The minimum atomic E-state index is -0.467. The summed E-state index contributed by atoms with van der Waals surface area (Å²) in [4.78, 5) is 13.6. The van der Waals surface area contributed by atoms with Gasteiger partial charge >= 0.3 is 0 Å². The smallest absolute Gasteiger partial charge is 0.240 e. The second-order valence-electron chi connectivity index (χ2n) is 7.96. The van der Waals surface area contributed by atoms with Crippen LogP contribution < -0.4 is 10.7 Å². The highest BCUT2D eigenvalue weighted by Crippen LogP contribution is 2.39. The summed E-state index contributed by atoms with van der Waals surface area (Å²) in [5, 5.41) is 12.7. The van der Waals surface area contributed by atoms with Gasteiger partial charge in [0, 0.05) is 16.3 Å². The average Bonchev–Trinajstić information content (AvgIpc) is 3.25. The van der Waals surface area contributed by atoms with Crippen molar-refractivity contribution in [3.05, 3.63) is 94.5 Å². The third-order valence-corrected chi connectivity index (χ3v) is 7.15. The molecule has 0 radical (unpaired) electrons. The van der Waals surface area contributed by atoms with E-state index in [1.165, 1.54) is 11.8 Å². The lowest BCUT2D eigenvalue weighted by atomic mass is 10.0. The topological polar surface area (TPSA) is 71.8 Å². The predicted octanol–water partition coefficient (Wildman–Crippen LogP) is 5.61. The van der Waals surface area contributed by atoms with E-state index < -0.39 is 5.25 Å². The maximum Gasteiger partial charge on any atom is 0.240 e. The van der Waals surface area contributed by atoms with Crippen LogP contribution in [-0.4, -0.2) is 26.0 Å². The number of aryl methyl sites for hydroxylation is 2. The van der Waals surface area contributed by atoms with Crippen molar-refractivity contribution in [3.8, 4) is 11.4 Å². The third kappa shape index (κ3) is 4.21. The van der Waals surface area contributed by atoms with Gasteiger partial charge in [0.15, 0.2) is 5.82 Å². The number of fused-ring (bicyclic) bond motifs is 1. The molecule has 0 fully saturated rings. The van der Waals surface area contributed by atoms with Gasteiger partial charge in [-0.1, -0.05) is 84.0 Å². The van der Waals surface area contributed by atoms with Crippen LogP contribution in [0.15, 0.2) is 78.0 Å². The fourth-order valence-electron chi connectivity index (χ4n) is 3.96. The molecule has 2 N–H and O–H groups in total. The molecule has 2 atom stereocenters. The molecule has 1 amide bonds. The zero-order valence-electron chi connectivity index (χ0n) is 18.1. The van der Waals surface area contributed by atoms with Crippen LogP contribution in [0, 0.1) is 13.8 Å². The number of aromatic nitrogens is 3. The zero-order valence-corrected chi connectivity index (χ0v) is 19.7. The van der Waals surface area contributed by atoms with Crippen molar-refractivity contribution < 1.29 is 4.79 Å². The van der Waals surface area contributed by atoms with Gasteiger partial charge in [0.25, 0.3) is 0 Å². The summed E-state index contributed by atoms with van der Waals surface area (Å²) >= 11 is 7.53. The molecule has 6 nitrogen and oxygen atoms in total. The van der Waals surface area contributed by atoms with Gasteiger partial charge in [0.05, 0.1) is 6.04 Å². The number of rotatable bonds is 4. The van der Waals surface area contributed by atoms with Gasteiger partial charge in [-0.15, -0.1) is 10.2 Å². The number of nitrogens with zero attached hydrogens (tertiary/aromatic N) is 3. The van der Waals surface area contributed by atoms with Crippen LogP contribution in [0.2, 0.25) is 5.02 Å². The summed E-state index contributed by atoms with van der Waals surface area (Å²) in [6.07, 6.45) is 0. The molecule has 0 spiro atoms. The van der Waals surface area contributed by atoms with Crippen molar-refractivity contribution in [3.63, 3.8) is 0 Å². The van der Waals surface area contributed by atoms with Crippen LogP contribution in [0.1, 0.15) is 22.7 Å². The second-order valence-corrected chi connectivity index (χ2v) is 9.51. The van der Waals surface area contributed by atoms with E-state index in [2.05, 4.69) is 20.9 Å². The second kappa shape index (κ2) is 8.92. The first kappa shape index (κ1) is 21.6. The Labute approximate surface area is 201 Å². The van der Waals surface area contributed by atoms with Gasteiger partial charge in [-0.3, -0.25) is 4.79 Å². The van der Waals surface area contributed by atoms with Crippen LogP contribution in [0.4, 0.5) is 5.69 Å². The maximum absolute atomic E-state index is 13.6. The van der Waals surface area contributed by atoms with Crippen LogP contribution in [0.3, 0.4) is 0 Å². The standard InChI is InChI=1S/C25H22ClN5OS/c1-15-7-6-8-16(2)20(15)27-24(32)22-21(17-11-13-19(26)14-12-17)30-31-23(28-29-25(31)33-22)18-9-4-3-5-10-18/h3-14,21-22,30H,1-2H3,(H,27,32)/t21-,22+/m1/s1. The zero-order chi connectivity index (χ0) is 22.9. The van der Waals surface area contributed by atoms with Crippen LogP contribution >= 0.6 is 23.4 Å². The van der Waals surface area contributed by atoms with E-state index in [1.54, 1.807) is 0 Å². The first-order valence-corrected chi connectivity index (χ1v) is 11.8. The SMILES string of the molecule is Cc1cccc(C)c1NC(=O)[C@H]1Sc2nnc(-c3ccccc3)n2N[C@@H]1c1ccc(Cl)cc1. The number of hydrogen-bond donors (Lipinski definition) is 2. The minimum absolute atomic E-state index is 0.0969. The van der Waals surface area contributed by atoms with E-state index in [1.807, 2.05) is 91.3 Å². The monoisotopic (exact) mass is 475 g/mol. The summed E-state index contributed by atoms with van der Waals surface area (Å²) in [7, 11) is 0. The Morgan fingerprint density at radius 2 is 1.67 bits per heavy atom. The highest BCUT2D eigenvalue weighted by atomic mass is 35.5. The molecule has 1 aromatic heterocycles. The van der Waals surface area contributed by atoms with Gasteiger partial charge in [-0.2, -0.15) is 0 Å². The fourth-order valence-corrected chi connectivity index (χ4v) is 5.16. The summed E-state index contributed by atoms with van der Waals surface area (Å²) in [6, 6.07) is 23.1. The average molecular weight is 476 g/mol. The van der Waals surface area contributed by atoms with Gasteiger partial charge in [0.2, 0.25) is 11.1 Å². The number of anilines is 1. The quantitative estimate of drug-likeness (QED) is 0.401. The first-order valence-electron chi connectivity index (χ1n) is 10.6. The van der Waals surface area contributed by atoms with E-state index in [-0.39, 0.29) is 11.9 Å². The van der Waals surface area contributed by atoms with Gasteiger partial charge in [0.1, 0.15) is 5.25 Å². The normalized spacial score (nSPS) is 17.2. The van der Waals surface area contributed by atoms with E-state index in [0.717, 1.165) is 27.9 Å². The molecule has 0 unspecified atom stereocenters. The van der Waals surface area contributed by atoms with Crippen LogP contribution in [0.25, 0.3) is 11.4 Å². The molecular weight excluding hydrogens is 454 g/mol. The molecule has 0 saturated carbocycles. The summed E-state index contributed by atoms with van der Waals surface area (Å²) in [5.41, 5.74) is 8.27. The molecule has 33 heavy (non-hydrogen) atoms. The molecule has 4 aromatic rings. The molecule has 1 aliphatic heterocycles. The first-order chi connectivity index (χ1) is 16.0. The van der Waals surface area contributed by atoms with Gasteiger partial charge < -0.3 is 10.7 Å². The van der Waals surface area contributed by atoms with Crippen molar-refractivity contribution in [2.24, 2.45) is 0 Å². The molecule has 0 bridgehead atoms. The minimum Gasteiger partial charge on any atom is -0.325 e. The highest BCUT2D eigenvalue weighted by Gasteiger charge is 2.38. The number of benzene rings is 3. The number of halogens is 1. The number of nitrogens with one attached hydrogen (secondary N) is 2. The van der Waals surface area contributed by atoms with Crippen molar-refractivity contribution in [1.29, 1.82) is 0 Å². The number of carbonyl (C=O) groups is 1. The van der Waals surface area contributed by atoms with Crippen molar-refractivity contribution in [1.82, 2.24) is 14.9 Å². The maximum atomic E-state index is 13.6. The van der Waals surface area contributed by atoms with E-state index in [9.17, 15) is 4.79 Å². The number of para-hydroxylation sites is 1. The molecular formula is C25H22ClN5OS. The lowest BCUT2D eigenvalue weighted by molar-refractivity contribution is -0.116. The summed E-state index contributed by atoms with van der Waals surface area (Å²) < 4.78 is 1.86. The fraction of sp³-hybridized carbons (Fsp3) is 0.160.